The highest BCUT2D eigenvalue weighted by atomic mass is 127. The summed E-state index contributed by atoms with van der Waals surface area (Å²) in [6.07, 6.45) is 8.76. The molecule has 1 aliphatic rings. The molecule has 0 unspecified atom stereocenters. The predicted octanol–water partition coefficient (Wildman–Crippen LogP) is 2.61. The maximum Gasteiger partial charge on any atom is 0.191 e. The van der Waals surface area contributed by atoms with E-state index in [0.29, 0.717) is 0 Å². The van der Waals surface area contributed by atoms with Crippen LogP contribution in [-0.2, 0) is 0 Å². The molecule has 0 aromatic rings. The zero-order valence-corrected chi connectivity index (χ0v) is 15.4. The van der Waals surface area contributed by atoms with Crippen LogP contribution in [0.25, 0.3) is 0 Å². The van der Waals surface area contributed by atoms with Crippen molar-refractivity contribution in [3.8, 4) is 0 Å². The topological polar surface area (TPSA) is 39.7 Å². The van der Waals surface area contributed by atoms with Gasteiger partial charge in [0, 0.05) is 25.7 Å². The number of rotatable bonds is 7. The number of halogens is 1. The lowest BCUT2D eigenvalue weighted by Crippen LogP contribution is -2.39. The Balaban J connectivity index is 0.00000361. The molecule has 0 aromatic heterocycles. The normalized spacial score (nSPS) is 16.6. The average molecular weight is 394 g/mol. The Morgan fingerprint density at radius 1 is 1.30 bits per heavy atom. The molecular formula is C15H31IN4. The molecule has 1 saturated carbocycles. The second kappa shape index (κ2) is 12.4. The van der Waals surface area contributed by atoms with Crippen molar-refractivity contribution in [1.29, 1.82) is 0 Å². The van der Waals surface area contributed by atoms with E-state index in [1.54, 1.807) is 0 Å². The van der Waals surface area contributed by atoms with Gasteiger partial charge in [0.2, 0.25) is 0 Å². The molecule has 2 N–H and O–H groups in total. The zero-order chi connectivity index (χ0) is 13.9. The molecule has 0 heterocycles. The first-order valence-corrected chi connectivity index (χ1v) is 7.61. The van der Waals surface area contributed by atoms with Crippen LogP contribution in [0.15, 0.2) is 17.6 Å². The first-order valence-electron chi connectivity index (χ1n) is 7.61. The van der Waals surface area contributed by atoms with E-state index in [1.165, 1.54) is 32.1 Å². The molecule has 1 rings (SSSR count). The average Bonchev–Trinajstić information content (AvgIpc) is 2.45. The molecule has 1 aliphatic carbocycles. The Kier molecular flexibility index (Phi) is 12.3. The van der Waals surface area contributed by atoms with Gasteiger partial charge in [-0.1, -0.05) is 25.3 Å². The summed E-state index contributed by atoms with van der Waals surface area (Å²) >= 11 is 0. The highest BCUT2D eigenvalue weighted by molar-refractivity contribution is 14.0. The van der Waals surface area contributed by atoms with Gasteiger partial charge < -0.3 is 15.5 Å². The van der Waals surface area contributed by atoms with Crippen molar-refractivity contribution in [2.75, 3.05) is 33.2 Å². The third-order valence-corrected chi connectivity index (χ3v) is 3.68. The molecule has 0 aliphatic heterocycles. The van der Waals surface area contributed by atoms with Gasteiger partial charge in [-0.25, -0.2) is 0 Å². The summed E-state index contributed by atoms with van der Waals surface area (Å²) < 4.78 is 0. The van der Waals surface area contributed by atoms with Gasteiger partial charge in [-0.15, -0.1) is 30.6 Å². The molecule has 5 heteroatoms. The number of nitrogens with one attached hydrogen (secondary N) is 2. The van der Waals surface area contributed by atoms with Gasteiger partial charge in [-0.05, 0) is 26.8 Å². The lowest BCUT2D eigenvalue weighted by Gasteiger charge is -2.30. The van der Waals surface area contributed by atoms with Crippen molar-refractivity contribution in [3.63, 3.8) is 0 Å². The molecule has 0 aromatic carbocycles. The molecule has 0 bridgehead atoms. The van der Waals surface area contributed by atoms with Crippen LogP contribution in [0.4, 0.5) is 0 Å². The van der Waals surface area contributed by atoms with Gasteiger partial charge in [-0.3, -0.25) is 4.99 Å². The van der Waals surface area contributed by atoms with Crippen LogP contribution >= 0.6 is 24.0 Å². The Bertz CT molecular complexity index is 275. The second-order valence-electron chi connectivity index (χ2n) is 5.20. The van der Waals surface area contributed by atoms with Gasteiger partial charge in [0.15, 0.2) is 5.96 Å². The maximum atomic E-state index is 4.59. The molecule has 0 atom stereocenters. The van der Waals surface area contributed by atoms with Crippen molar-refractivity contribution >= 4 is 29.9 Å². The van der Waals surface area contributed by atoms with Crippen molar-refractivity contribution in [3.05, 3.63) is 12.7 Å². The summed E-state index contributed by atoms with van der Waals surface area (Å²) in [6.45, 7) is 9.32. The van der Waals surface area contributed by atoms with Crippen LogP contribution < -0.4 is 10.6 Å². The quantitative estimate of drug-likeness (QED) is 0.302. The second-order valence-corrected chi connectivity index (χ2v) is 5.20. The van der Waals surface area contributed by atoms with Crippen LogP contribution in [0, 0.1) is 0 Å². The van der Waals surface area contributed by atoms with Crippen LogP contribution in [0.5, 0.6) is 0 Å². The Morgan fingerprint density at radius 2 is 2.00 bits per heavy atom. The van der Waals surface area contributed by atoms with Gasteiger partial charge >= 0.3 is 0 Å². The van der Waals surface area contributed by atoms with Crippen LogP contribution in [0.2, 0.25) is 0 Å². The largest absolute Gasteiger partial charge is 0.357 e. The summed E-state index contributed by atoms with van der Waals surface area (Å²) in [7, 11) is 2.23. The van der Waals surface area contributed by atoms with Crippen molar-refractivity contribution in [1.82, 2.24) is 15.5 Å². The van der Waals surface area contributed by atoms with E-state index < -0.39 is 0 Å². The van der Waals surface area contributed by atoms with Gasteiger partial charge in [0.25, 0.3) is 0 Å². The minimum atomic E-state index is 0. The SMILES string of the molecule is C=CCNC(=NCCN(C)C1CCCCC1)NCC.I. The van der Waals surface area contributed by atoms with E-state index >= 15 is 0 Å². The Morgan fingerprint density at radius 3 is 2.60 bits per heavy atom. The van der Waals surface area contributed by atoms with E-state index in [4.69, 9.17) is 0 Å². The van der Waals surface area contributed by atoms with Gasteiger partial charge in [0.1, 0.15) is 0 Å². The smallest absolute Gasteiger partial charge is 0.191 e. The minimum absolute atomic E-state index is 0. The summed E-state index contributed by atoms with van der Waals surface area (Å²) in [5, 5.41) is 6.47. The summed E-state index contributed by atoms with van der Waals surface area (Å²) in [5.41, 5.74) is 0. The zero-order valence-electron chi connectivity index (χ0n) is 13.0. The third-order valence-electron chi connectivity index (χ3n) is 3.68. The number of hydrogen-bond donors (Lipinski definition) is 2. The molecule has 1 fully saturated rings. The summed E-state index contributed by atoms with van der Waals surface area (Å²) in [4.78, 5) is 7.06. The Hall–Kier alpha value is -0.300. The van der Waals surface area contributed by atoms with E-state index in [-0.39, 0.29) is 24.0 Å². The molecular weight excluding hydrogens is 363 g/mol. The molecule has 0 amide bonds. The van der Waals surface area contributed by atoms with Crippen molar-refractivity contribution in [2.45, 2.75) is 45.1 Å². The molecule has 4 nitrogen and oxygen atoms in total. The van der Waals surface area contributed by atoms with E-state index in [9.17, 15) is 0 Å². The number of likely N-dealkylation sites (N-methyl/N-ethyl adjacent to an activating group) is 1. The molecule has 0 radical (unpaired) electrons. The third kappa shape index (κ3) is 8.09. The fraction of sp³-hybridized carbons (Fsp3) is 0.800. The monoisotopic (exact) mass is 394 g/mol. The predicted molar refractivity (Wildman–Crippen MR) is 99.1 cm³/mol. The molecule has 0 spiro atoms. The number of aliphatic imine (C=N–C) groups is 1. The van der Waals surface area contributed by atoms with Crippen LogP contribution in [0.3, 0.4) is 0 Å². The van der Waals surface area contributed by atoms with Crippen LogP contribution in [-0.4, -0.2) is 50.1 Å². The highest BCUT2D eigenvalue weighted by Gasteiger charge is 2.17. The molecule has 118 valence electrons. The maximum absolute atomic E-state index is 4.59. The van der Waals surface area contributed by atoms with E-state index in [2.05, 4.69) is 41.1 Å². The van der Waals surface area contributed by atoms with E-state index in [1.807, 2.05) is 6.08 Å². The molecule has 20 heavy (non-hydrogen) atoms. The van der Waals surface area contributed by atoms with Crippen molar-refractivity contribution in [2.24, 2.45) is 4.99 Å². The van der Waals surface area contributed by atoms with Gasteiger partial charge in [0.05, 0.1) is 6.54 Å². The van der Waals surface area contributed by atoms with E-state index in [0.717, 1.165) is 38.2 Å². The number of nitrogens with zero attached hydrogens (tertiary/aromatic N) is 2. The van der Waals surface area contributed by atoms with Crippen molar-refractivity contribution < 1.29 is 0 Å². The minimum Gasteiger partial charge on any atom is -0.357 e. The fourth-order valence-corrected chi connectivity index (χ4v) is 2.53. The molecule has 0 saturated heterocycles. The highest BCUT2D eigenvalue weighted by Crippen LogP contribution is 2.21. The first-order chi connectivity index (χ1) is 9.27. The summed E-state index contributed by atoms with van der Waals surface area (Å²) in [6, 6.07) is 0.771. The standard InChI is InChI=1S/C15H30N4.HI/c1-4-11-17-15(16-5-2)18-12-13-19(3)14-9-7-6-8-10-14;/h4,14H,1,5-13H2,2-3H3,(H2,16,17,18);1H. The first kappa shape index (κ1) is 19.7. The Labute approximate surface area is 141 Å². The fourth-order valence-electron chi connectivity index (χ4n) is 2.53. The lowest BCUT2D eigenvalue weighted by molar-refractivity contribution is 0.196. The lowest BCUT2D eigenvalue weighted by atomic mass is 9.94. The summed E-state index contributed by atoms with van der Waals surface area (Å²) in [5.74, 6) is 0.888. The van der Waals surface area contributed by atoms with Crippen LogP contribution in [0.1, 0.15) is 39.0 Å². The van der Waals surface area contributed by atoms with Gasteiger partial charge in [-0.2, -0.15) is 0 Å². The number of hydrogen-bond acceptors (Lipinski definition) is 2. The number of guanidine groups is 1.